The number of hydrogen-bond donors (Lipinski definition) is 1. The number of halogens is 1. The zero-order chi connectivity index (χ0) is 33.3. The van der Waals surface area contributed by atoms with Crippen molar-refractivity contribution < 1.29 is 27.9 Å². The summed E-state index contributed by atoms with van der Waals surface area (Å²) in [7, 11) is -2.63. The first-order valence-corrected chi connectivity index (χ1v) is 22.9. The van der Waals surface area contributed by atoms with E-state index in [2.05, 4.69) is 67.7 Å². The van der Waals surface area contributed by atoms with E-state index in [-0.39, 0.29) is 40.0 Å². The van der Waals surface area contributed by atoms with Crippen LogP contribution in [0.15, 0.2) is 24.3 Å². The normalized spacial score (nSPS) is 22.3. The predicted octanol–water partition coefficient (Wildman–Crippen LogP) is 9.83. The Morgan fingerprint density at radius 1 is 0.909 bits per heavy atom. The average Bonchev–Trinajstić information content (AvgIpc) is 3.19. The minimum Gasteiger partial charge on any atom is -0.469 e. The van der Waals surface area contributed by atoms with Crippen LogP contribution in [0.4, 0.5) is 4.39 Å². The Bertz CT molecular complexity index is 1020. The van der Waals surface area contributed by atoms with Crippen LogP contribution in [0.2, 0.25) is 36.3 Å². The van der Waals surface area contributed by atoms with Crippen LogP contribution in [-0.2, 0) is 24.8 Å². The summed E-state index contributed by atoms with van der Waals surface area (Å²) in [6, 6.07) is 7.06. The maximum atomic E-state index is 14.5. The van der Waals surface area contributed by atoms with Crippen molar-refractivity contribution in [3.63, 3.8) is 0 Å². The summed E-state index contributed by atoms with van der Waals surface area (Å²) >= 11 is 0. The summed E-state index contributed by atoms with van der Waals surface area (Å²) in [5.74, 6) is 0.150. The first-order valence-electron chi connectivity index (χ1n) is 17.1. The molecule has 1 aliphatic rings. The van der Waals surface area contributed by atoms with Gasteiger partial charge in [0.05, 0.1) is 19.3 Å². The minimum atomic E-state index is -2.05. The smallest absolute Gasteiger partial charge is 0.305 e. The van der Waals surface area contributed by atoms with Crippen molar-refractivity contribution >= 4 is 22.6 Å². The van der Waals surface area contributed by atoms with E-state index in [1.54, 1.807) is 6.07 Å². The van der Waals surface area contributed by atoms with Gasteiger partial charge < -0.3 is 18.7 Å². The van der Waals surface area contributed by atoms with Crippen LogP contribution in [0, 0.1) is 17.7 Å². The monoisotopic (exact) mass is 652 g/mol. The number of hydrogen-bond acceptors (Lipinski definition) is 5. The van der Waals surface area contributed by atoms with E-state index in [9.17, 15) is 14.3 Å². The van der Waals surface area contributed by atoms with Crippen molar-refractivity contribution in [2.24, 2.45) is 11.8 Å². The molecule has 0 aliphatic heterocycles. The Balaban J connectivity index is 2.20. The van der Waals surface area contributed by atoms with E-state index in [4.69, 9.17) is 13.6 Å². The van der Waals surface area contributed by atoms with Gasteiger partial charge in [0, 0.05) is 12.5 Å². The number of aliphatic hydroxyl groups excluding tert-OH is 1. The van der Waals surface area contributed by atoms with E-state index in [1.165, 1.54) is 13.2 Å². The lowest BCUT2D eigenvalue weighted by atomic mass is 9.84. The lowest BCUT2D eigenvalue weighted by Gasteiger charge is -2.41. The van der Waals surface area contributed by atoms with Crippen molar-refractivity contribution in [1.82, 2.24) is 0 Å². The largest absolute Gasteiger partial charge is 0.469 e. The molecule has 8 heteroatoms. The Labute approximate surface area is 271 Å². The van der Waals surface area contributed by atoms with Crippen molar-refractivity contribution in [3.8, 4) is 0 Å². The van der Waals surface area contributed by atoms with Crippen LogP contribution in [-0.4, -0.2) is 53.1 Å². The molecule has 0 spiro atoms. The SMILES string of the molecule is COC(=O)CCCCCC[C@H]1[C@@H](O[Si](C)(C)C(C)(C)C)CC(O)[C@@H]1CC[C@H](CCc1ccccc1F)O[Si](C)(C)C(C)(C)C. The molecular weight excluding hydrogens is 588 g/mol. The highest BCUT2D eigenvalue weighted by Crippen LogP contribution is 2.46. The van der Waals surface area contributed by atoms with Crippen molar-refractivity contribution in [2.45, 2.75) is 167 Å². The first kappa shape index (κ1) is 39.1. The van der Waals surface area contributed by atoms with E-state index in [1.807, 2.05) is 12.1 Å². The summed E-state index contributed by atoms with van der Waals surface area (Å²) in [6.07, 6.45) is 8.97. The van der Waals surface area contributed by atoms with Gasteiger partial charge in [-0.25, -0.2) is 4.39 Å². The maximum absolute atomic E-state index is 14.5. The topological polar surface area (TPSA) is 65.0 Å². The molecule has 0 aromatic heterocycles. The Hall–Kier alpha value is -1.07. The molecule has 5 atom stereocenters. The zero-order valence-corrected chi connectivity index (χ0v) is 31.9. The third kappa shape index (κ3) is 11.6. The highest BCUT2D eigenvalue weighted by atomic mass is 28.4. The highest BCUT2D eigenvalue weighted by Gasteiger charge is 2.48. The fourth-order valence-corrected chi connectivity index (χ4v) is 8.81. The van der Waals surface area contributed by atoms with Gasteiger partial charge in [-0.1, -0.05) is 79.0 Å². The molecule has 0 amide bonds. The fraction of sp³-hybridized carbons (Fsp3) is 0.806. The van der Waals surface area contributed by atoms with Crippen LogP contribution in [0.5, 0.6) is 0 Å². The second-order valence-electron chi connectivity index (χ2n) is 16.3. The predicted molar refractivity (Wildman–Crippen MR) is 185 cm³/mol. The van der Waals surface area contributed by atoms with Crippen LogP contribution in [0.1, 0.15) is 111 Å². The molecule has 2 rings (SSSR count). The van der Waals surface area contributed by atoms with Crippen molar-refractivity contribution in [2.75, 3.05) is 7.11 Å². The fourth-order valence-electron chi connectivity index (χ4n) is 6.00. The van der Waals surface area contributed by atoms with Gasteiger partial charge in [0.15, 0.2) is 16.6 Å². The molecule has 254 valence electrons. The highest BCUT2D eigenvalue weighted by molar-refractivity contribution is 6.74. The summed E-state index contributed by atoms with van der Waals surface area (Å²) in [6.45, 7) is 22.8. The van der Waals surface area contributed by atoms with Gasteiger partial charge in [-0.3, -0.25) is 4.79 Å². The summed E-state index contributed by atoms with van der Waals surface area (Å²) in [4.78, 5) is 11.5. The quantitative estimate of drug-likeness (QED) is 0.103. The molecule has 1 saturated carbocycles. The number of esters is 1. The summed E-state index contributed by atoms with van der Waals surface area (Å²) in [5.41, 5.74) is 0.741. The number of aliphatic hydroxyl groups is 1. The van der Waals surface area contributed by atoms with Crippen molar-refractivity contribution in [3.05, 3.63) is 35.6 Å². The third-order valence-electron chi connectivity index (χ3n) is 10.9. The van der Waals surface area contributed by atoms with E-state index in [0.717, 1.165) is 56.9 Å². The number of aryl methyl sites for hydroxylation is 1. The van der Waals surface area contributed by atoms with Gasteiger partial charge in [-0.15, -0.1) is 0 Å². The van der Waals surface area contributed by atoms with Gasteiger partial charge in [0.25, 0.3) is 0 Å². The number of carbonyl (C=O) groups is 1. The Morgan fingerprint density at radius 2 is 1.52 bits per heavy atom. The minimum absolute atomic E-state index is 0.0158. The van der Waals surface area contributed by atoms with E-state index in [0.29, 0.717) is 25.2 Å². The lowest BCUT2D eigenvalue weighted by Crippen LogP contribution is -2.45. The number of carbonyl (C=O) groups excluding carboxylic acids is 1. The van der Waals surface area contributed by atoms with E-state index >= 15 is 0 Å². The molecule has 0 saturated heterocycles. The molecule has 0 bridgehead atoms. The second-order valence-corrected chi connectivity index (χ2v) is 25.8. The van der Waals surface area contributed by atoms with Gasteiger partial charge in [0.2, 0.25) is 0 Å². The van der Waals surface area contributed by atoms with Crippen LogP contribution in [0.25, 0.3) is 0 Å². The number of ether oxygens (including phenoxy) is 1. The molecule has 1 N–H and O–H groups in total. The van der Waals surface area contributed by atoms with Gasteiger partial charge in [-0.2, -0.15) is 0 Å². The number of rotatable bonds is 17. The molecular formula is C36H65FO5Si2. The first-order chi connectivity index (χ1) is 20.3. The molecule has 1 unspecified atom stereocenters. The van der Waals surface area contributed by atoms with Crippen LogP contribution in [0.3, 0.4) is 0 Å². The standard InChI is InChI=1S/C36H65FO5Si2/c1-35(2,3)43(8,9)41-28(23-22-27-18-16-17-20-31(27)37)24-25-29-30(19-14-12-13-15-21-34(39)40-7)33(26-32(29)38)42-44(10,11)36(4,5)6/h16-18,20,28-30,32-33,38H,12-15,19,21-26H2,1-11H3/t28-,29+,30+,32?,33-/m0/s1. The maximum Gasteiger partial charge on any atom is 0.305 e. The Kier molecular flexibility index (Phi) is 14.8. The summed E-state index contributed by atoms with van der Waals surface area (Å²) < 4.78 is 33.3. The Morgan fingerprint density at radius 3 is 2.11 bits per heavy atom. The molecule has 0 heterocycles. The molecule has 1 aliphatic carbocycles. The number of unbranched alkanes of at least 4 members (excludes halogenated alkanes) is 3. The molecule has 5 nitrogen and oxygen atoms in total. The molecule has 1 aromatic rings. The summed E-state index contributed by atoms with van der Waals surface area (Å²) in [5, 5.41) is 11.7. The molecule has 1 fully saturated rings. The van der Waals surface area contributed by atoms with Crippen LogP contribution < -0.4 is 0 Å². The molecule has 44 heavy (non-hydrogen) atoms. The third-order valence-corrected chi connectivity index (χ3v) is 20.0. The van der Waals surface area contributed by atoms with Crippen LogP contribution >= 0.6 is 0 Å². The molecule has 1 aromatic carbocycles. The van der Waals surface area contributed by atoms with Gasteiger partial charge >= 0.3 is 5.97 Å². The molecule has 0 radical (unpaired) electrons. The number of benzene rings is 1. The second kappa shape index (κ2) is 16.7. The average molecular weight is 653 g/mol. The van der Waals surface area contributed by atoms with Crippen molar-refractivity contribution in [1.29, 1.82) is 0 Å². The van der Waals surface area contributed by atoms with E-state index < -0.39 is 22.7 Å². The number of methoxy groups -OCH3 is 1. The zero-order valence-electron chi connectivity index (χ0n) is 29.9. The lowest BCUT2D eigenvalue weighted by molar-refractivity contribution is -0.140. The van der Waals surface area contributed by atoms with Gasteiger partial charge in [0.1, 0.15) is 5.82 Å². The van der Waals surface area contributed by atoms with Gasteiger partial charge in [-0.05, 0) is 105 Å².